The van der Waals surface area contributed by atoms with Gasteiger partial charge in [-0.1, -0.05) is 0 Å². The molecule has 0 radical (unpaired) electrons. The summed E-state index contributed by atoms with van der Waals surface area (Å²) in [6.45, 7) is 2.08. The van der Waals surface area contributed by atoms with E-state index < -0.39 is 0 Å². The summed E-state index contributed by atoms with van der Waals surface area (Å²) in [5.41, 5.74) is 2.03. The van der Waals surface area contributed by atoms with E-state index in [0.29, 0.717) is 32.2 Å². The van der Waals surface area contributed by atoms with Crippen molar-refractivity contribution < 1.29 is 14.7 Å². The van der Waals surface area contributed by atoms with Gasteiger partial charge in [-0.15, -0.1) is 0 Å². The van der Waals surface area contributed by atoms with Gasteiger partial charge in [-0.05, 0) is 43.5 Å². The van der Waals surface area contributed by atoms with Gasteiger partial charge in [0, 0.05) is 36.5 Å². The largest absolute Gasteiger partial charge is 0.508 e. The highest BCUT2D eigenvalue weighted by Gasteiger charge is 2.06. The number of nitrogens with one attached hydrogen (secondary N) is 2. The molecule has 0 saturated carbocycles. The molecule has 0 spiro atoms. The number of fused-ring (bicyclic) bond motifs is 1. The Labute approximate surface area is 123 Å². The van der Waals surface area contributed by atoms with Gasteiger partial charge in [0.2, 0.25) is 5.91 Å². The highest BCUT2D eigenvalue weighted by atomic mass is 16.3. The van der Waals surface area contributed by atoms with Crippen LogP contribution in [0.4, 0.5) is 0 Å². The SMILES string of the molecule is CC(=O)CCCC(=O)NCCc1c[nH]c2ccc(O)cc12. The van der Waals surface area contributed by atoms with Crippen molar-refractivity contribution in [3.63, 3.8) is 0 Å². The summed E-state index contributed by atoms with van der Waals surface area (Å²) in [5, 5.41) is 13.3. The first kappa shape index (κ1) is 15.1. The van der Waals surface area contributed by atoms with Crippen molar-refractivity contribution in [3.05, 3.63) is 30.0 Å². The normalized spacial score (nSPS) is 10.7. The summed E-state index contributed by atoms with van der Waals surface area (Å²) >= 11 is 0. The fourth-order valence-corrected chi connectivity index (χ4v) is 2.30. The smallest absolute Gasteiger partial charge is 0.220 e. The quantitative estimate of drug-likeness (QED) is 0.731. The van der Waals surface area contributed by atoms with Crippen molar-refractivity contribution in [1.82, 2.24) is 10.3 Å². The number of amides is 1. The molecule has 1 aromatic heterocycles. The predicted octanol–water partition coefficient (Wildman–Crippen LogP) is 2.29. The maximum Gasteiger partial charge on any atom is 0.220 e. The van der Waals surface area contributed by atoms with Gasteiger partial charge in [0.1, 0.15) is 11.5 Å². The van der Waals surface area contributed by atoms with E-state index in [1.807, 2.05) is 12.3 Å². The molecule has 112 valence electrons. The van der Waals surface area contributed by atoms with Crippen molar-refractivity contribution in [2.45, 2.75) is 32.6 Å². The van der Waals surface area contributed by atoms with E-state index in [9.17, 15) is 14.7 Å². The number of carbonyl (C=O) groups is 2. The molecule has 21 heavy (non-hydrogen) atoms. The number of aromatic hydroxyl groups is 1. The van der Waals surface area contributed by atoms with Crippen LogP contribution in [0, 0.1) is 0 Å². The lowest BCUT2D eigenvalue weighted by atomic mass is 10.1. The van der Waals surface area contributed by atoms with Crippen molar-refractivity contribution in [2.24, 2.45) is 0 Å². The monoisotopic (exact) mass is 288 g/mol. The molecule has 5 heteroatoms. The van der Waals surface area contributed by atoms with E-state index >= 15 is 0 Å². The Morgan fingerprint density at radius 2 is 2.10 bits per heavy atom. The second-order valence-corrected chi connectivity index (χ2v) is 5.20. The third-order valence-corrected chi connectivity index (χ3v) is 3.40. The standard InChI is InChI=1S/C16H20N2O3/c1-11(19)3-2-4-16(21)17-8-7-12-10-18-15-6-5-13(20)9-14(12)15/h5-6,9-10,18,20H,2-4,7-8H2,1H3,(H,17,21). The number of carbonyl (C=O) groups excluding carboxylic acids is 2. The lowest BCUT2D eigenvalue weighted by Gasteiger charge is -2.04. The van der Waals surface area contributed by atoms with Crippen LogP contribution < -0.4 is 5.32 Å². The second-order valence-electron chi connectivity index (χ2n) is 5.20. The Kier molecular flexibility index (Phi) is 4.98. The van der Waals surface area contributed by atoms with Crippen LogP contribution in [-0.4, -0.2) is 28.3 Å². The molecule has 0 unspecified atom stereocenters. The predicted molar refractivity (Wildman–Crippen MR) is 81.2 cm³/mol. The van der Waals surface area contributed by atoms with Crippen LogP contribution in [-0.2, 0) is 16.0 Å². The number of hydrogen-bond acceptors (Lipinski definition) is 3. The first-order valence-electron chi connectivity index (χ1n) is 7.11. The lowest BCUT2D eigenvalue weighted by molar-refractivity contribution is -0.121. The summed E-state index contributed by atoms with van der Waals surface area (Å²) in [5.74, 6) is 0.317. The van der Waals surface area contributed by atoms with E-state index in [1.54, 1.807) is 12.1 Å². The highest BCUT2D eigenvalue weighted by Crippen LogP contribution is 2.22. The number of benzene rings is 1. The second kappa shape index (κ2) is 6.92. The van der Waals surface area contributed by atoms with E-state index in [1.165, 1.54) is 6.92 Å². The van der Waals surface area contributed by atoms with Gasteiger partial charge >= 0.3 is 0 Å². The molecule has 1 amide bonds. The topological polar surface area (TPSA) is 82.2 Å². The summed E-state index contributed by atoms with van der Waals surface area (Å²) < 4.78 is 0. The lowest BCUT2D eigenvalue weighted by Crippen LogP contribution is -2.25. The van der Waals surface area contributed by atoms with Crippen LogP contribution >= 0.6 is 0 Å². The van der Waals surface area contributed by atoms with Gasteiger partial charge in [0.05, 0.1) is 0 Å². The Bertz CT molecular complexity index is 646. The van der Waals surface area contributed by atoms with E-state index in [2.05, 4.69) is 10.3 Å². The Hall–Kier alpha value is -2.30. The van der Waals surface area contributed by atoms with Gasteiger partial charge in [0.25, 0.3) is 0 Å². The van der Waals surface area contributed by atoms with Gasteiger partial charge in [-0.25, -0.2) is 0 Å². The summed E-state index contributed by atoms with van der Waals surface area (Å²) in [6.07, 6.45) is 4.03. The van der Waals surface area contributed by atoms with Gasteiger partial charge in [0.15, 0.2) is 0 Å². The maximum atomic E-state index is 11.6. The van der Waals surface area contributed by atoms with Crippen LogP contribution in [0.2, 0.25) is 0 Å². The minimum absolute atomic E-state index is 0.0288. The van der Waals surface area contributed by atoms with Gasteiger partial charge < -0.3 is 20.2 Å². The third-order valence-electron chi connectivity index (χ3n) is 3.40. The number of ketones is 1. The summed E-state index contributed by atoms with van der Waals surface area (Å²) in [4.78, 5) is 25.5. The molecule has 0 bridgehead atoms. The van der Waals surface area contributed by atoms with E-state index in [0.717, 1.165) is 16.5 Å². The van der Waals surface area contributed by atoms with E-state index in [4.69, 9.17) is 0 Å². The number of phenols is 1. The van der Waals surface area contributed by atoms with Crippen LogP contribution in [0.5, 0.6) is 5.75 Å². The van der Waals surface area contributed by atoms with Crippen molar-refractivity contribution >= 4 is 22.6 Å². The molecule has 0 atom stereocenters. The van der Waals surface area contributed by atoms with Crippen molar-refractivity contribution in [3.8, 4) is 5.75 Å². The number of hydrogen-bond donors (Lipinski definition) is 3. The van der Waals surface area contributed by atoms with Gasteiger partial charge in [-0.2, -0.15) is 0 Å². The van der Waals surface area contributed by atoms with Crippen molar-refractivity contribution in [2.75, 3.05) is 6.54 Å². The van der Waals surface area contributed by atoms with Crippen LogP contribution in [0.15, 0.2) is 24.4 Å². The third kappa shape index (κ3) is 4.34. The average Bonchev–Trinajstić information content (AvgIpc) is 2.81. The molecule has 3 N–H and O–H groups in total. The molecule has 1 heterocycles. The fraction of sp³-hybridized carbons (Fsp3) is 0.375. The molecule has 1 aromatic carbocycles. The summed E-state index contributed by atoms with van der Waals surface area (Å²) in [7, 11) is 0. The molecule has 0 aliphatic rings. The minimum atomic E-state index is -0.0288. The van der Waals surface area contributed by atoms with Crippen LogP contribution in [0.3, 0.4) is 0 Å². The molecular formula is C16H20N2O3. The zero-order valence-electron chi connectivity index (χ0n) is 12.1. The van der Waals surface area contributed by atoms with Crippen molar-refractivity contribution in [1.29, 1.82) is 0 Å². The Morgan fingerprint density at radius 1 is 1.29 bits per heavy atom. The Balaban J connectivity index is 1.81. The van der Waals surface area contributed by atoms with E-state index in [-0.39, 0.29) is 17.4 Å². The number of H-pyrrole nitrogens is 1. The number of phenolic OH excluding ortho intramolecular Hbond substituents is 1. The molecular weight excluding hydrogens is 268 g/mol. The molecule has 0 fully saturated rings. The first-order chi connectivity index (χ1) is 10.1. The number of aromatic nitrogens is 1. The van der Waals surface area contributed by atoms with Crippen LogP contribution in [0.25, 0.3) is 10.9 Å². The zero-order chi connectivity index (χ0) is 15.2. The highest BCUT2D eigenvalue weighted by molar-refractivity contribution is 5.84. The zero-order valence-corrected chi connectivity index (χ0v) is 12.1. The average molecular weight is 288 g/mol. The number of rotatable bonds is 7. The van der Waals surface area contributed by atoms with Gasteiger partial charge in [-0.3, -0.25) is 4.79 Å². The molecule has 2 aromatic rings. The molecule has 0 saturated heterocycles. The molecule has 5 nitrogen and oxygen atoms in total. The maximum absolute atomic E-state index is 11.6. The number of aromatic amines is 1. The minimum Gasteiger partial charge on any atom is -0.508 e. The summed E-state index contributed by atoms with van der Waals surface area (Å²) in [6, 6.07) is 5.18. The molecule has 0 aliphatic heterocycles. The van der Waals surface area contributed by atoms with Crippen LogP contribution in [0.1, 0.15) is 31.7 Å². The fourth-order valence-electron chi connectivity index (χ4n) is 2.30. The Morgan fingerprint density at radius 3 is 2.86 bits per heavy atom. The first-order valence-corrected chi connectivity index (χ1v) is 7.11. The number of Topliss-reactive ketones (excluding diaryl/α,β-unsaturated/α-hetero) is 1. The molecule has 2 rings (SSSR count). The molecule has 0 aliphatic carbocycles.